The zero-order chi connectivity index (χ0) is 16.8. The second-order valence-corrected chi connectivity index (χ2v) is 6.37. The van der Waals surface area contributed by atoms with E-state index in [1.54, 1.807) is 0 Å². The Morgan fingerprint density at radius 2 is 1.60 bits per heavy atom. The van der Waals surface area contributed by atoms with Crippen LogP contribution in [0.2, 0.25) is 0 Å². The number of benzene rings is 2. The number of aliphatic hydroxyl groups is 1. The number of nitrogens with one attached hydrogen (secondary N) is 2. The standard InChI is InChI=1S/C20H24N2O2.ClH/c23-19-14-21-12-17(19)13-22-20(24)11-18(15-7-3-1-4-8-15)16-9-5-2-6-10-16;/h1-10,17-19,21,23H,11-14H2,(H,22,24);1H. The van der Waals surface area contributed by atoms with Gasteiger partial charge in [-0.3, -0.25) is 4.79 Å². The Labute approximate surface area is 155 Å². The molecule has 0 aliphatic carbocycles. The Morgan fingerprint density at radius 1 is 1.04 bits per heavy atom. The molecule has 5 heteroatoms. The van der Waals surface area contributed by atoms with Crippen molar-refractivity contribution in [3.05, 3.63) is 71.8 Å². The van der Waals surface area contributed by atoms with Crippen LogP contribution < -0.4 is 10.6 Å². The molecule has 2 atom stereocenters. The molecule has 1 aliphatic rings. The number of hydrogen-bond donors (Lipinski definition) is 3. The monoisotopic (exact) mass is 360 g/mol. The summed E-state index contributed by atoms with van der Waals surface area (Å²) in [6.07, 6.45) is 0.0360. The number of carbonyl (C=O) groups excluding carboxylic acids is 1. The second-order valence-electron chi connectivity index (χ2n) is 6.37. The van der Waals surface area contributed by atoms with Gasteiger partial charge in [-0.25, -0.2) is 0 Å². The first-order valence-corrected chi connectivity index (χ1v) is 8.49. The smallest absolute Gasteiger partial charge is 0.220 e. The van der Waals surface area contributed by atoms with Gasteiger partial charge in [-0.05, 0) is 11.1 Å². The van der Waals surface area contributed by atoms with E-state index < -0.39 is 0 Å². The summed E-state index contributed by atoms with van der Waals surface area (Å²) < 4.78 is 0. The molecule has 2 unspecified atom stereocenters. The van der Waals surface area contributed by atoms with Crippen molar-refractivity contribution in [2.75, 3.05) is 19.6 Å². The maximum absolute atomic E-state index is 12.5. The van der Waals surface area contributed by atoms with E-state index in [0.717, 1.165) is 17.7 Å². The molecule has 1 saturated heterocycles. The van der Waals surface area contributed by atoms with Crippen LogP contribution in [0, 0.1) is 5.92 Å². The van der Waals surface area contributed by atoms with Crippen molar-refractivity contribution in [3.63, 3.8) is 0 Å². The maximum atomic E-state index is 12.5. The highest BCUT2D eigenvalue weighted by Crippen LogP contribution is 2.27. The molecule has 0 bridgehead atoms. The third-order valence-corrected chi connectivity index (χ3v) is 4.66. The van der Waals surface area contributed by atoms with Gasteiger partial charge >= 0.3 is 0 Å². The summed E-state index contributed by atoms with van der Waals surface area (Å²) in [6.45, 7) is 1.88. The molecule has 1 aliphatic heterocycles. The van der Waals surface area contributed by atoms with Gasteiger partial charge in [0, 0.05) is 37.9 Å². The second kappa shape index (κ2) is 9.56. The Morgan fingerprint density at radius 3 is 2.08 bits per heavy atom. The van der Waals surface area contributed by atoms with Crippen molar-refractivity contribution in [2.24, 2.45) is 5.92 Å². The van der Waals surface area contributed by atoms with E-state index in [2.05, 4.69) is 34.9 Å². The van der Waals surface area contributed by atoms with Crippen LogP contribution in [0.4, 0.5) is 0 Å². The van der Waals surface area contributed by atoms with Crippen LogP contribution in [0.5, 0.6) is 0 Å². The average molecular weight is 361 g/mol. The lowest BCUT2D eigenvalue weighted by molar-refractivity contribution is -0.121. The van der Waals surface area contributed by atoms with Gasteiger partial charge in [0.15, 0.2) is 0 Å². The SMILES string of the molecule is Cl.O=C(CC(c1ccccc1)c1ccccc1)NCC1CNCC1O. The normalized spacial score (nSPS) is 19.4. The molecule has 2 aromatic carbocycles. The Kier molecular flexibility index (Phi) is 7.44. The van der Waals surface area contributed by atoms with Crippen LogP contribution in [0.25, 0.3) is 0 Å². The van der Waals surface area contributed by atoms with Crippen molar-refractivity contribution in [2.45, 2.75) is 18.4 Å². The molecule has 2 aromatic rings. The van der Waals surface area contributed by atoms with Crippen LogP contribution in [0.3, 0.4) is 0 Å². The fourth-order valence-electron chi connectivity index (χ4n) is 3.23. The van der Waals surface area contributed by atoms with E-state index in [4.69, 9.17) is 0 Å². The van der Waals surface area contributed by atoms with Crippen LogP contribution >= 0.6 is 12.4 Å². The lowest BCUT2D eigenvalue weighted by atomic mass is 9.88. The number of hydrogen-bond acceptors (Lipinski definition) is 3. The number of aliphatic hydroxyl groups excluding tert-OH is 1. The molecule has 4 nitrogen and oxygen atoms in total. The number of halogens is 1. The molecule has 1 fully saturated rings. The van der Waals surface area contributed by atoms with Gasteiger partial charge in [-0.2, -0.15) is 0 Å². The topological polar surface area (TPSA) is 61.4 Å². The summed E-state index contributed by atoms with van der Waals surface area (Å²) in [5, 5.41) is 15.9. The van der Waals surface area contributed by atoms with E-state index in [0.29, 0.717) is 19.5 Å². The largest absolute Gasteiger partial charge is 0.391 e. The summed E-state index contributed by atoms with van der Waals surface area (Å²) in [7, 11) is 0. The molecule has 0 radical (unpaired) electrons. The van der Waals surface area contributed by atoms with Gasteiger partial charge in [-0.1, -0.05) is 60.7 Å². The lowest BCUT2D eigenvalue weighted by Gasteiger charge is -2.19. The molecule has 1 heterocycles. The first kappa shape index (κ1) is 19.4. The van der Waals surface area contributed by atoms with Crippen LogP contribution in [0.15, 0.2) is 60.7 Å². The molecule has 0 spiro atoms. The van der Waals surface area contributed by atoms with Gasteiger partial charge in [-0.15, -0.1) is 12.4 Å². The number of carbonyl (C=O) groups is 1. The average Bonchev–Trinajstić information content (AvgIpc) is 3.04. The first-order chi connectivity index (χ1) is 11.7. The zero-order valence-corrected chi connectivity index (χ0v) is 14.9. The minimum absolute atomic E-state index is 0. The Bertz CT molecular complexity index is 612. The maximum Gasteiger partial charge on any atom is 0.220 e. The molecule has 3 rings (SSSR count). The highest BCUT2D eigenvalue weighted by molar-refractivity contribution is 5.85. The summed E-state index contributed by atoms with van der Waals surface area (Å²) >= 11 is 0. The van der Waals surface area contributed by atoms with Crippen LogP contribution in [0.1, 0.15) is 23.5 Å². The predicted molar refractivity (Wildman–Crippen MR) is 102 cm³/mol. The molecule has 1 amide bonds. The summed E-state index contributed by atoms with van der Waals surface area (Å²) in [5.74, 6) is 0.159. The highest BCUT2D eigenvalue weighted by atomic mass is 35.5. The molecule has 0 aromatic heterocycles. The third-order valence-electron chi connectivity index (χ3n) is 4.66. The molecular weight excluding hydrogens is 336 g/mol. The third kappa shape index (κ3) is 5.30. The van der Waals surface area contributed by atoms with E-state index >= 15 is 0 Å². The van der Waals surface area contributed by atoms with E-state index in [1.807, 2.05) is 36.4 Å². The molecule has 134 valence electrons. The number of rotatable bonds is 6. The minimum atomic E-state index is -0.371. The molecule has 3 N–H and O–H groups in total. The van der Waals surface area contributed by atoms with Crippen LogP contribution in [-0.2, 0) is 4.79 Å². The van der Waals surface area contributed by atoms with Crippen molar-refractivity contribution >= 4 is 18.3 Å². The summed E-state index contributed by atoms with van der Waals surface area (Å²) in [5.41, 5.74) is 2.28. The Hall–Kier alpha value is -1.88. The van der Waals surface area contributed by atoms with Crippen LogP contribution in [-0.4, -0.2) is 36.8 Å². The molecule has 25 heavy (non-hydrogen) atoms. The van der Waals surface area contributed by atoms with Crippen molar-refractivity contribution in [3.8, 4) is 0 Å². The quantitative estimate of drug-likeness (QED) is 0.741. The predicted octanol–water partition coefficient (Wildman–Crippen LogP) is 2.33. The van der Waals surface area contributed by atoms with Gasteiger partial charge in [0.1, 0.15) is 0 Å². The number of β-amino-alcohol motifs (C(OH)–C–C–N with tert-alkyl or cyclic N) is 1. The number of amides is 1. The molecular formula is C20H25ClN2O2. The summed E-state index contributed by atoms with van der Waals surface area (Å²) in [6, 6.07) is 20.2. The van der Waals surface area contributed by atoms with Crippen molar-refractivity contribution in [1.82, 2.24) is 10.6 Å². The fourth-order valence-corrected chi connectivity index (χ4v) is 3.23. The van der Waals surface area contributed by atoms with Crippen molar-refractivity contribution in [1.29, 1.82) is 0 Å². The zero-order valence-electron chi connectivity index (χ0n) is 14.1. The minimum Gasteiger partial charge on any atom is -0.391 e. The fraction of sp³-hybridized carbons (Fsp3) is 0.350. The van der Waals surface area contributed by atoms with Crippen molar-refractivity contribution < 1.29 is 9.90 Å². The van der Waals surface area contributed by atoms with Gasteiger partial charge < -0.3 is 15.7 Å². The summed E-state index contributed by atoms with van der Waals surface area (Å²) in [4.78, 5) is 12.5. The van der Waals surface area contributed by atoms with E-state index in [-0.39, 0.29) is 36.3 Å². The lowest BCUT2D eigenvalue weighted by Crippen LogP contribution is -2.35. The van der Waals surface area contributed by atoms with Gasteiger partial charge in [0.25, 0.3) is 0 Å². The van der Waals surface area contributed by atoms with E-state index in [9.17, 15) is 9.90 Å². The first-order valence-electron chi connectivity index (χ1n) is 8.49. The highest BCUT2D eigenvalue weighted by Gasteiger charge is 2.25. The Balaban J connectivity index is 0.00000225. The van der Waals surface area contributed by atoms with E-state index in [1.165, 1.54) is 0 Å². The van der Waals surface area contributed by atoms with Gasteiger partial charge in [0.05, 0.1) is 6.10 Å². The molecule has 0 saturated carbocycles. The van der Waals surface area contributed by atoms with Gasteiger partial charge in [0.2, 0.25) is 5.91 Å².